The molecule has 0 aliphatic rings. The van der Waals surface area contributed by atoms with Crippen molar-refractivity contribution in [1.82, 2.24) is 5.32 Å². The first-order valence-electron chi connectivity index (χ1n) is 5.44. The molecule has 1 aromatic carbocycles. The van der Waals surface area contributed by atoms with E-state index in [0.717, 1.165) is 24.3 Å². The Hall–Kier alpha value is -2.23. The van der Waals surface area contributed by atoms with Crippen LogP contribution in [-0.4, -0.2) is 12.1 Å². The molecular weight excluding hydrogens is 259 g/mol. The third-order valence-corrected chi connectivity index (χ3v) is 2.25. The highest BCUT2D eigenvalue weighted by Crippen LogP contribution is 2.29. The molecule has 0 fully saturated rings. The Bertz CT molecular complexity index is 476. The third kappa shape index (κ3) is 4.87. The van der Waals surface area contributed by atoms with Crippen LogP contribution < -0.4 is 10.6 Å². The van der Waals surface area contributed by atoms with E-state index in [-0.39, 0.29) is 18.2 Å². The van der Waals surface area contributed by atoms with Gasteiger partial charge in [-0.15, -0.1) is 0 Å². The van der Waals surface area contributed by atoms with Gasteiger partial charge in [0.1, 0.15) is 0 Å². The lowest BCUT2D eigenvalue weighted by molar-refractivity contribution is -0.137. The molecule has 4 nitrogen and oxygen atoms in total. The van der Waals surface area contributed by atoms with Crippen LogP contribution >= 0.6 is 0 Å². The van der Waals surface area contributed by atoms with E-state index in [9.17, 15) is 18.0 Å². The van der Waals surface area contributed by atoms with Gasteiger partial charge in [0, 0.05) is 11.7 Å². The van der Waals surface area contributed by atoms with Gasteiger partial charge in [-0.1, -0.05) is 0 Å². The van der Waals surface area contributed by atoms with Gasteiger partial charge in [-0.3, -0.25) is 0 Å². The monoisotopic (exact) mass is 271 g/mol. The van der Waals surface area contributed by atoms with Gasteiger partial charge in [-0.05, 0) is 31.2 Å². The fourth-order valence-corrected chi connectivity index (χ4v) is 1.32. The van der Waals surface area contributed by atoms with Crippen molar-refractivity contribution in [2.24, 2.45) is 0 Å². The number of nitrogens with zero attached hydrogens (tertiary/aromatic N) is 1. The number of alkyl halides is 3. The lowest BCUT2D eigenvalue weighted by Gasteiger charge is -2.12. The molecule has 0 bridgehead atoms. The lowest BCUT2D eigenvalue weighted by atomic mass is 10.2. The smallest absolute Gasteiger partial charge is 0.334 e. The number of carbonyl (C=O) groups is 1. The largest absolute Gasteiger partial charge is 0.416 e. The van der Waals surface area contributed by atoms with Crippen LogP contribution in [-0.2, 0) is 6.18 Å². The van der Waals surface area contributed by atoms with Gasteiger partial charge in [0.15, 0.2) is 0 Å². The molecule has 0 saturated carbocycles. The molecule has 1 unspecified atom stereocenters. The second-order valence-corrected chi connectivity index (χ2v) is 3.94. The first kappa shape index (κ1) is 14.8. The first-order chi connectivity index (χ1) is 8.82. The van der Waals surface area contributed by atoms with E-state index in [0.29, 0.717) is 0 Å². The first-order valence-corrected chi connectivity index (χ1v) is 5.44. The summed E-state index contributed by atoms with van der Waals surface area (Å²) in [6, 6.07) is 5.09. The SMILES string of the molecule is CC(CC#N)NC(=O)Nc1ccc(C(F)(F)F)cc1. The van der Waals surface area contributed by atoms with E-state index in [1.807, 2.05) is 6.07 Å². The van der Waals surface area contributed by atoms with Crippen LogP contribution in [0.1, 0.15) is 18.9 Å². The second-order valence-electron chi connectivity index (χ2n) is 3.94. The Balaban J connectivity index is 2.59. The number of hydrogen-bond acceptors (Lipinski definition) is 2. The Kier molecular flexibility index (Phi) is 4.75. The fourth-order valence-electron chi connectivity index (χ4n) is 1.32. The summed E-state index contributed by atoms with van der Waals surface area (Å²) in [5.41, 5.74) is -0.536. The minimum Gasteiger partial charge on any atom is -0.334 e. The van der Waals surface area contributed by atoms with Gasteiger partial charge in [0.05, 0.1) is 18.1 Å². The molecule has 0 radical (unpaired) electrons. The van der Waals surface area contributed by atoms with E-state index in [2.05, 4.69) is 10.6 Å². The van der Waals surface area contributed by atoms with E-state index in [4.69, 9.17) is 5.26 Å². The minimum atomic E-state index is -4.40. The van der Waals surface area contributed by atoms with Crippen LogP contribution in [0.2, 0.25) is 0 Å². The number of hydrogen-bond donors (Lipinski definition) is 2. The van der Waals surface area contributed by atoms with Crippen molar-refractivity contribution < 1.29 is 18.0 Å². The number of carbonyl (C=O) groups excluding carboxylic acids is 1. The van der Waals surface area contributed by atoms with Crippen LogP contribution in [0.5, 0.6) is 0 Å². The summed E-state index contributed by atoms with van der Waals surface area (Å²) in [7, 11) is 0. The summed E-state index contributed by atoms with van der Waals surface area (Å²) < 4.78 is 36.9. The van der Waals surface area contributed by atoms with Crippen molar-refractivity contribution in [3.8, 4) is 6.07 Å². The molecular formula is C12H12F3N3O. The highest BCUT2D eigenvalue weighted by atomic mass is 19.4. The van der Waals surface area contributed by atoms with E-state index in [1.165, 1.54) is 0 Å². The van der Waals surface area contributed by atoms with Crippen molar-refractivity contribution in [2.75, 3.05) is 5.32 Å². The summed E-state index contributed by atoms with van der Waals surface area (Å²) in [6.07, 6.45) is -4.25. The van der Waals surface area contributed by atoms with E-state index in [1.54, 1.807) is 6.92 Å². The van der Waals surface area contributed by atoms with Crippen molar-refractivity contribution in [3.63, 3.8) is 0 Å². The molecule has 0 aromatic heterocycles. The number of nitrogens with one attached hydrogen (secondary N) is 2. The minimum absolute atomic E-state index is 0.153. The zero-order valence-corrected chi connectivity index (χ0v) is 10.1. The van der Waals surface area contributed by atoms with Crippen molar-refractivity contribution in [1.29, 1.82) is 5.26 Å². The molecule has 0 aliphatic heterocycles. The number of amides is 2. The van der Waals surface area contributed by atoms with Gasteiger partial charge >= 0.3 is 12.2 Å². The molecule has 2 amide bonds. The van der Waals surface area contributed by atoms with Crippen LogP contribution in [0, 0.1) is 11.3 Å². The molecule has 19 heavy (non-hydrogen) atoms. The molecule has 0 aliphatic carbocycles. The molecule has 1 atom stereocenters. The topological polar surface area (TPSA) is 64.9 Å². The maximum absolute atomic E-state index is 12.3. The average molecular weight is 271 g/mol. The van der Waals surface area contributed by atoms with Crippen LogP contribution in [0.15, 0.2) is 24.3 Å². The highest BCUT2D eigenvalue weighted by molar-refractivity contribution is 5.89. The maximum Gasteiger partial charge on any atom is 0.416 e. The second kappa shape index (κ2) is 6.09. The van der Waals surface area contributed by atoms with Gasteiger partial charge < -0.3 is 10.6 Å². The standard InChI is InChI=1S/C12H12F3N3O/c1-8(6-7-16)17-11(19)18-10-4-2-9(3-5-10)12(13,14)15/h2-5,8H,6H2,1H3,(H2,17,18,19). The van der Waals surface area contributed by atoms with Crippen LogP contribution in [0.3, 0.4) is 0 Å². The summed E-state index contributed by atoms with van der Waals surface area (Å²) in [5.74, 6) is 0. The number of halogens is 3. The Morgan fingerprint density at radius 3 is 2.42 bits per heavy atom. The molecule has 1 rings (SSSR count). The van der Waals surface area contributed by atoms with Crippen molar-refractivity contribution in [3.05, 3.63) is 29.8 Å². The summed E-state index contributed by atoms with van der Waals surface area (Å²) in [5, 5.41) is 13.3. The van der Waals surface area contributed by atoms with Gasteiger partial charge in [0.2, 0.25) is 0 Å². The summed E-state index contributed by atoms with van der Waals surface area (Å²) >= 11 is 0. The van der Waals surface area contributed by atoms with Gasteiger partial charge in [-0.2, -0.15) is 18.4 Å². The van der Waals surface area contributed by atoms with Crippen molar-refractivity contribution >= 4 is 11.7 Å². The Labute approximate surface area is 108 Å². The van der Waals surface area contributed by atoms with E-state index < -0.39 is 17.8 Å². The van der Waals surface area contributed by atoms with Gasteiger partial charge in [0.25, 0.3) is 0 Å². The van der Waals surface area contributed by atoms with Crippen LogP contribution in [0.4, 0.5) is 23.7 Å². The number of benzene rings is 1. The predicted molar refractivity (Wildman–Crippen MR) is 63.3 cm³/mol. The number of anilines is 1. The number of urea groups is 1. The maximum atomic E-state index is 12.3. The molecule has 1 aromatic rings. The molecule has 0 heterocycles. The zero-order valence-electron chi connectivity index (χ0n) is 10.1. The lowest BCUT2D eigenvalue weighted by Crippen LogP contribution is -2.35. The molecule has 102 valence electrons. The summed E-state index contributed by atoms with van der Waals surface area (Å²) in [6.45, 7) is 1.65. The quantitative estimate of drug-likeness (QED) is 0.887. The predicted octanol–water partition coefficient (Wildman–Crippen LogP) is 3.13. The fraction of sp³-hybridized carbons (Fsp3) is 0.333. The third-order valence-electron chi connectivity index (χ3n) is 2.25. The van der Waals surface area contributed by atoms with Crippen molar-refractivity contribution in [2.45, 2.75) is 25.6 Å². The molecule has 2 N–H and O–H groups in total. The summed E-state index contributed by atoms with van der Waals surface area (Å²) in [4.78, 5) is 11.4. The van der Waals surface area contributed by atoms with Crippen LogP contribution in [0.25, 0.3) is 0 Å². The zero-order chi connectivity index (χ0) is 14.5. The molecule has 7 heteroatoms. The highest BCUT2D eigenvalue weighted by Gasteiger charge is 2.29. The number of nitriles is 1. The van der Waals surface area contributed by atoms with Gasteiger partial charge in [-0.25, -0.2) is 4.79 Å². The average Bonchev–Trinajstić information content (AvgIpc) is 2.28. The molecule has 0 spiro atoms. The van der Waals surface area contributed by atoms with E-state index >= 15 is 0 Å². The normalized spacial score (nSPS) is 12.4. The molecule has 0 saturated heterocycles. The number of rotatable bonds is 3. The Morgan fingerprint density at radius 2 is 1.95 bits per heavy atom. The Morgan fingerprint density at radius 1 is 1.37 bits per heavy atom.